The van der Waals surface area contributed by atoms with E-state index in [-0.39, 0.29) is 21.7 Å². The van der Waals surface area contributed by atoms with Crippen LogP contribution in [0.15, 0.2) is 85.2 Å². The molecule has 0 amide bonds. The molecule has 5 rings (SSSR count). The Kier molecular flexibility index (Phi) is 9.47. The first-order chi connectivity index (χ1) is 20.7. The molecule has 1 aliphatic heterocycles. The van der Waals surface area contributed by atoms with Gasteiger partial charge in [0.25, 0.3) is 13.5 Å². The Morgan fingerprint density at radius 3 is 2.21 bits per heavy atom. The van der Waals surface area contributed by atoms with Gasteiger partial charge in [-0.25, -0.2) is 4.98 Å². The van der Waals surface area contributed by atoms with Gasteiger partial charge in [-0.05, 0) is 39.8 Å². The molecule has 43 heavy (non-hydrogen) atoms. The van der Waals surface area contributed by atoms with Gasteiger partial charge in [-0.2, -0.15) is 0 Å². The van der Waals surface area contributed by atoms with Crippen molar-refractivity contribution >= 4 is 70.3 Å². The van der Waals surface area contributed by atoms with Crippen LogP contribution in [0.25, 0.3) is 11.0 Å². The topological polar surface area (TPSA) is 76.0 Å². The van der Waals surface area contributed by atoms with Crippen molar-refractivity contribution in [3.05, 3.63) is 85.2 Å². The van der Waals surface area contributed by atoms with Gasteiger partial charge in [-0.15, -0.1) is 0 Å². The van der Waals surface area contributed by atoms with Crippen molar-refractivity contribution in [3.63, 3.8) is 0 Å². The Morgan fingerprint density at radius 1 is 0.977 bits per heavy atom. The van der Waals surface area contributed by atoms with Crippen molar-refractivity contribution in [1.82, 2.24) is 9.55 Å². The lowest BCUT2D eigenvalue weighted by Gasteiger charge is -2.43. The number of fused-ring (bicyclic) bond motifs is 1. The maximum Gasteiger partial charge on any atom is 0.352 e. The first-order valence-electron chi connectivity index (χ1n) is 14.1. The molecule has 0 unspecified atom stereocenters. The predicted octanol–water partition coefficient (Wildman–Crippen LogP) is 5.56. The van der Waals surface area contributed by atoms with Crippen molar-refractivity contribution in [3.8, 4) is 0 Å². The van der Waals surface area contributed by atoms with Gasteiger partial charge < -0.3 is 33.3 Å². The highest BCUT2D eigenvalue weighted by Crippen LogP contribution is 2.39. The van der Waals surface area contributed by atoms with Crippen molar-refractivity contribution in [1.29, 1.82) is 0 Å². The number of aromatic nitrogens is 2. The molecule has 0 radical (unpaired) electrons. The van der Waals surface area contributed by atoms with Crippen LogP contribution in [0, 0.1) is 0 Å². The second-order valence-corrected chi connectivity index (χ2v) is 16.4. The Bertz CT molecular complexity index is 1520. The second-order valence-electron chi connectivity index (χ2n) is 11.4. The molecule has 1 saturated heterocycles. The van der Waals surface area contributed by atoms with Gasteiger partial charge in [0.15, 0.2) is 0 Å². The molecule has 0 saturated carbocycles. The van der Waals surface area contributed by atoms with E-state index in [1.807, 2.05) is 35.0 Å². The number of hydrogen-bond donors (Lipinski definition) is 1. The molecule has 2 aromatic carbocycles. The van der Waals surface area contributed by atoms with E-state index in [1.165, 1.54) is 24.6 Å². The molecule has 3 heterocycles. The van der Waals surface area contributed by atoms with Crippen LogP contribution in [0.2, 0.25) is 5.04 Å². The van der Waals surface area contributed by atoms with E-state index in [4.69, 9.17) is 47.8 Å². The zero-order valence-electron chi connectivity index (χ0n) is 25.0. The number of nitrogens with zero attached hydrogens (tertiary/aromatic N) is 2. The molecule has 4 aromatic rings. The predicted molar refractivity (Wildman–Crippen MR) is 180 cm³/mol. The zero-order chi connectivity index (χ0) is 30.6. The summed E-state index contributed by atoms with van der Waals surface area (Å²) >= 11 is 10.5. The van der Waals surface area contributed by atoms with Crippen molar-refractivity contribution < 1.29 is 23.4 Å². The molecular formula is C32H37N3O5S2Si. The quantitative estimate of drug-likeness (QED) is 0.198. The summed E-state index contributed by atoms with van der Waals surface area (Å²) in [7, 11) is 0.234. The summed E-state index contributed by atoms with van der Waals surface area (Å²) in [6.07, 6.45) is 3.03. The Balaban J connectivity index is 1.48. The second kappa shape index (κ2) is 13.1. The number of benzene rings is 2. The minimum Gasteiger partial charge on any atom is -0.474 e. The lowest BCUT2D eigenvalue weighted by Crippen LogP contribution is -2.67. The highest BCUT2D eigenvalue weighted by atomic mass is 32.1. The van der Waals surface area contributed by atoms with E-state index in [0.29, 0.717) is 13.0 Å². The van der Waals surface area contributed by atoms with E-state index in [9.17, 15) is 0 Å². The van der Waals surface area contributed by atoms with Gasteiger partial charge in [0.1, 0.15) is 24.1 Å². The fraction of sp³-hybridized carbons (Fsp3) is 0.344. The molecule has 0 bridgehead atoms. The number of ether oxygens (including phenoxy) is 4. The largest absolute Gasteiger partial charge is 0.474 e. The molecule has 2 aromatic heterocycles. The summed E-state index contributed by atoms with van der Waals surface area (Å²) in [6, 6.07) is 24.9. The van der Waals surface area contributed by atoms with Crippen LogP contribution >= 0.6 is 24.4 Å². The molecule has 226 valence electrons. The normalized spacial score (nSPS) is 18.8. The highest BCUT2D eigenvalue weighted by molar-refractivity contribution is 7.80. The van der Waals surface area contributed by atoms with Crippen molar-refractivity contribution in [2.45, 2.75) is 50.7 Å². The van der Waals surface area contributed by atoms with E-state index in [1.54, 1.807) is 6.20 Å². The summed E-state index contributed by atoms with van der Waals surface area (Å²) in [6.45, 7) is 7.07. The number of methoxy groups -OCH3 is 2. The molecule has 3 atom stereocenters. The smallest absolute Gasteiger partial charge is 0.352 e. The highest BCUT2D eigenvalue weighted by Gasteiger charge is 2.51. The molecule has 1 N–H and O–H groups in total. The molecule has 1 aliphatic rings. The van der Waals surface area contributed by atoms with Crippen LogP contribution in [-0.2, 0) is 23.4 Å². The lowest BCUT2D eigenvalue weighted by atomic mass is 10.2. The Hall–Kier alpha value is -3.35. The van der Waals surface area contributed by atoms with Crippen molar-refractivity contribution in [2.75, 3.05) is 26.1 Å². The number of nitrogens with one attached hydrogen (secondary N) is 1. The van der Waals surface area contributed by atoms with E-state index >= 15 is 0 Å². The molecular weight excluding hydrogens is 599 g/mol. The fourth-order valence-corrected chi connectivity index (χ4v) is 10.6. The monoisotopic (exact) mass is 635 g/mol. The number of pyridine rings is 1. The van der Waals surface area contributed by atoms with Crippen LogP contribution < -0.4 is 15.7 Å². The van der Waals surface area contributed by atoms with Crippen LogP contribution in [0.5, 0.6) is 0 Å². The van der Waals surface area contributed by atoms with Crippen molar-refractivity contribution in [2.24, 2.45) is 0 Å². The van der Waals surface area contributed by atoms with E-state index < -0.39 is 20.5 Å². The average Bonchev–Trinajstić information content (AvgIpc) is 3.62. The summed E-state index contributed by atoms with van der Waals surface area (Å²) < 4.78 is 32.4. The minimum atomic E-state index is -2.80. The number of hydrogen-bond acceptors (Lipinski definition) is 8. The Labute approximate surface area is 264 Å². The first-order valence-corrected chi connectivity index (χ1v) is 16.9. The zero-order valence-corrected chi connectivity index (χ0v) is 27.6. The Morgan fingerprint density at radius 2 is 1.63 bits per heavy atom. The fourth-order valence-electron chi connectivity index (χ4n) is 5.85. The molecule has 0 aliphatic carbocycles. The SMILES string of the molecule is COC(=S)Nc1ccnc2c1ccn2[C@H]1C[C@H](OC(=S)OC)[C@@H](CO[Si](c2ccccc2)(c2ccccc2)C(C)(C)C)O1. The van der Waals surface area contributed by atoms with Crippen LogP contribution in [0.4, 0.5) is 5.69 Å². The van der Waals surface area contributed by atoms with Gasteiger partial charge in [-0.1, -0.05) is 81.4 Å². The minimum absolute atomic E-state index is 0.0692. The number of thiocarbonyl (C=S) groups is 2. The van der Waals surface area contributed by atoms with Crippen LogP contribution in [-0.4, -0.2) is 61.3 Å². The maximum absolute atomic E-state index is 7.21. The third kappa shape index (κ3) is 6.32. The van der Waals surface area contributed by atoms with Gasteiger partial charge >= 0.3 is 5.24 Å². The van der Waals surface area contributed by atoms with Crippen LogP contribution in [0.1, 0.15) is 33.4 Å². The molecule has 0 spiro atoms. The third-order valence-electron chi connectivity index (χ3n) is 7.82. The van der Waals surface area contributed by atoms with E-state index in [2.05, 4.69) is 79.6 Å². The number of anilines is 1. The summed E-state index contributed by atoms with van der Waals surface area (Å²) in [5.74, 6) is 0. The van der Waals surface area contributed by atoms with Gasteiger partial charge in [0.05, 0.1) is 26.5 Å². The first kappa shape index (κ1) is 31.1. The standard InChI is InChI=1S/C32H37N3O5S2Si/c1-32(2,3)43(22-12-8-6-9-13-22,23-14-10-7-11-15-23)38-21-27-26(40-31(42)37-5)20-28(39-27)35-19-17-24-25(34-30(41)36-4)16-18-33-29(24)35/h6-19,26-28H,20-21H2,1-5H3,(H,33,34,41)/t26-,27+,28+/m0/s1. The summed E-state index contributed by atoms with van der Waals surface area (Å²) in [4.78, 5) is 4.65. The average molecular weight is 636 g/mol. The molecule has 8 nitrogen and oxygen atoms in total. The van der Waals surface area contributed by atoms with Gasteiger partial charge in [-0.3, -0.25) is 0 Å². The van der Waals surface area contributed by atoms with Gasteiger partial charge in [0.2, 0.25) is 0 Å². The van der Waals surface area contributed by atoms with Gasteiger partial charge in [0, 0.05) is 36.4 Å². The number of rotatable bonds is 8. The maximum atomic E-state index is 7.21. The van der Waals surface area contributed by atoms with Crippen LogP contribution in [0.3, 0.4) is 0 Å². The molecule has 11 heteroatoms. The summed E-state index contributed by atoms with van der Waals surface area (Å²) in [5, 5.41) is 6.56. The van der Waals surface area contributed by atoms with E-state index in [0.717, 1.165) is 16.7 Å². The summed E-state index contributed by atoms with van der Waals surface area (Å²) in [5.41, 5.74) is 1.55. The third-order valence-corrected chi connectivity index (χ3v) is 13.4. The molecule has 1 fully saturated rings. The lowest BCUT2D eigenvalue weighted by molar-refractivity contribution is -0.0403.